The molecule has 0 spiro atoms. The molecule has 2 aromatic rings. The van der Waals surface area contributed by atoms with Crippen molar-refractivity contribution < 1.29 is 9.90 Å². The van der Waals surface area contributed by atoms with Gasteiger partial charge in [0.05, 0.1) is 17.7 Å². The molecule has 0 aliphatic carbocycles. The molecular formula is C20H23N3O2. The van der Waals surface area contributed by atoms with Crippen LogP contribution in [0.4, 0.5) is 4.79 Å². The van der Waals surface area contributed by atoms with Crippen LogP contribution in [0.5, 0.6) is 0 Å². The fourth-order valence-electron chi connectivity index (χ4n) is 2.59. The maximum Gasteiger partial charge on any atom is 0.317 e. The number of amides is 2. The van der Waals surface area contributed by atoms with E-state index in [0.29, 0.717) is 24.9 Å². The minimum atomic E-state index is -0.170. The van der Waals surface area contributed by atoms with Crippen molar-refractivity contribution in [2.24, 2.45) is 0 Å². The Hall–Kier alpha value is -2.84. The highest BCUT2D eigenvalue weighted by Gasteiger charge is 2.17. The molecule has 0 aliphatic heterocycles. The van der Waals surface area contributed by atoms with Crippen LogP contribution in [-0.2, 0) is 6.54 Å². The number of nitrogens with zero attached hydrogens (tertiary/aromatic N) is 2. The molecule has 1 atom stereocenters. The van der Waals surface area contributed by atoms with E-state index in [9.17, 15) is 4.79 Å². The number of aliphatic hydroxyl groups is 1. The molecular weight excluding hydrogens is 314 g/mol. The topological polar surface area (TPSA) is 76.4 Å². The van der Waals surface area contributed by atoms with Crippen LogP contribution in [0.1, 0.15) is 35.6 Å². The van der Waals surface area contributed by atoms with E-state index in [1.54, 1.807) is 24.1 Å². The summed E-state index contributed by atoms with van der Waals surface area (Å²) in [6, 6.07) is 18.7. The standard InChI is InChI=1S/C20H23N3O2/c1-23(15-17-11-9-16(14-21)10-12-17)20(25)22-19(8-5-13-24)18-6-3-2-4-7-18/h2-4,6-7,9-12,19,24H,5,8,13,15H2,1H3,(H,22,25). The van der Waals surface area contributed by atoms with Crippen molar-refractivity contribution in [1.82, 2.24) is 10.2 Å². The molecule has 5 nitrogen and oxygen atoms in total. The monoisotopic (exact) mass is 337 g/mol. The molecule has 25 heavy (non-hydrogen) atoms. The minimum Gasteiger partial charge on any atom is -0.396 e. The third kappa shape index (κ3) is 5.63. The fourth-order valence-corrected chi connectivity index (χ4v) is 2.59. The quantitative estimate of drug-likeness (QED) is 0.814. The van der Waals surface area contributed by atoms with Crippen LogP contribution in [0.2, 0.25) is 0 Å². The summed E-state index contributed by atoms with van der Waals surface area (Å²) in [5.41, 5.74) is 2.59. The summed E-state index contributed by atoms with van der Waals surface area (Å²) >= 11 is 0. The van der Waals surface area contributed by atoms with Crippen LogP contribution in [0.15, 0.2) is 54.6 Å². The van der Waals surface area contributed by atoms with E-state index in [1.165, 1.54) is 0 Å². The minimum absolute atomic E-state index is 0.0975. The highest BCUT2D eigenvalue weighted by Crippen LogP contribution is 2.18. The van der Waals surface area contributed by atoms with Crippen molar-refractivity contribution >= 4 is 6.03 Å². The van der Waals surface area contributed by atoms with Gasteiger partial charge < -0.3 is 15.3 Å². The number of hydrogen-bond acceptors (Lipinski definition) is 3. The van der Waals surface area contributed by atoms with Gasteiger partial charge in [-0.25, -0.2) is 4.79 Å². The maximum atomic E-state index is 12.5. The van der Waals surface area contributed by atoms with Crippen molar-refractivity contribution in [3.8, 4) is 6.07 Å². The number of hydrogen-bond donors (Lipinski definition) is 2. The SMILES string of the molecule is CN(Cc1ccc(C#N)cc1)C(=O)NC(CCCO)c1ccccc1. The number of urea groups is 1. The number of aliphatic hydroxyl groups excluding tert-OH is 1. The van der Waals surface area contributed by atoms with Crippen molar-refractivity contribution in [3.05, 3.63) is 71.3 Å². The van der Waals surface area contributed by atoms with E-state index in [4.69, 9.17) is 10.4 Å². The molecule has 2 amide bonds. The van der Waals surface area contributed by atoms with Gasteiger partial charge in [-0.2, -0.15) is 5.26 Å². The highest BCUT2D eigenvalue weighted by molar-refractivity contribution is 5.74. The van der Waals surface area contributed by atoms with E-state index >= 15 is 0 Å². The number of rotatable bonds is 7. The maximum absolute atomic E-state index is 12.5. The predicted molar refractivity (Wildman–Crippen MR) is 96.7 cm³/mol. The second-order valence-corrected chi connectivity index (χ2v) is 5.94. The molecule has 5 heteroatoms. The Labute approximate surface area is 148 Å². The summed E-state index contributed by atoms with van der Waals surface area (Å²) in [4.78, 5) is 14.1. The lowest BCUT2D eigenvalue weighted by Crippen LogP contribution is -2.39. The molecule has 0 radical (unpaired) electrons. The molecule has 1 unspecified atom stereocenters. The Morgan fingerprint density at radius 3 is 2.48 bits per heavy atom. The van der Waals surface area contributed by atoms with Gasteiger partial charge >= 0.3 is 6.03 Å². The van der Waals surface area contributed by atoms with E-state index < -0.39 is 0 Å². The summed E-state index contributed by atoms with van der Waals surface area (Å²) in [7, 11) is 1.74. The summed E-state index contributed by atoms with van der Waals surface area (Å²) in [5.74, 6) is 0. The molecule has 0 fully saturated rings. The molecule has 0 bridgehead atoms. The molecule has 0 saturated carbocycles. The van der Waals surface area contributed by atoms with Crippen molar-refractivity contribution in [3.63, 3.8) is 0 Å². The number of carbonyl (C=O) groups is 1. The summed E-state index contributed by atoms with van der Waals surface area (Å²) in [6.07, 6.45) is 1.30. The molecule has 2 N–H and O–H groups in total. The van der Waals surface area contributed by atoms with Gasteiger partial charge in [-0.1, -0.05) is 42.5 Å². The second-order valence-electron chi connectivity index (χ2n) is 5.94. The third-order valence-corrected chi connectivity index (χ3v) is 4.00. The first-order chi connectivity index (χ1) is 12.1. The van der Waals surface area contributed by atoms with Crippen molar-refractivity contribution in [1.29, 1.82) is 5.26 Å². The summed E-state index contributed by atoms with van der Waals surface area (Å²) in [6.45, 7) is 0.555. The van der Waals surface area contributed by atoms with Gasteiger partial charge in [0, 0.05) is 20.2 Å². The van der Waals surface area contributed by atoms with Gasteiger partial charge in [0.1, 0.15) is 0 Å². The molecule has 2 aromatic carbocycles. The largest absolute Gasteiger partial charge is 0.396 e. The van der Waals surface area contributed by atoms with Gasteiger partial charge in [-0.15, -0.1) is 0 Å². The first-order valence-corrected chi connectivity index (χ1v) is 8.30. The Morgan fingerprint density at radius 1 is 1.20 bits per heavy atom. The van der Waals surface area contributed by atoms with Crippen LogP contribution in [-0.4, -0.2) is 29.7 Å². The third-order valence-electron chi connectivity index (χ3n) is 4.00. The molecule has 0 heterocycles. The first-order valence-electron chi connectivity index (χ1n) is 8.30. The lowest BCUT2D eigenvalue weighted by Gasteiger charge is -2.24. The van der Waals surface area contributed by atoms with Crippen LogP contribution < -0.4 is 5.32 Å². The van der Waals surface area contributed by atoms with Crippen molar-refractivity contribution in [2.75, 3.05) is 13.7 Å². The Morgan fingerprint density at radius 2 is 1.88 bits per heavy atom. The lowest BCUT2D eigenvalue weighted by atomic mass is 10.0. The molecule has 0 aliphatic rings. The normalized spacial score (nSPS) is 11.4. The first kappa shape index (κ1) is 18.5. The van der Waals surface area contributed by atoms with E-state index in [0.717, 1.165) is 11.1 Å². The zero-order valence-electron chi connectivity index (χ0n) is 14.4. The van der Waals surface area contributed by atoms with Crippen LogP contribution in [0.25, 0.3) is 0 Å². The van der Waals surface area contributed by atoms with Crippen molar-refractivity contribution in [2.45, 2.75) is 25.4 Å². The average Bonchev–Trinajstić information content (AvgIpc) is 2.66. The number of carbonyl (C=O) groups excluding carboxylic acids is 1. The zero-order chi connectivity index (χ0) is 18.1. The van der Waals surface area contributed by atoms with E-state index in [1.807, 2.05) is 42.5 Å². The van der Waals surface area contributed by atoms with Crippen LogP contribution in [0.3, 0.4) is 0 Å². The Bertz CT molecular complexity index is 708. The van der Waals surface area contributed by atoms with E-state index in [-0.39, 0.29) is 18.7 Å². The van der Waals surface area contributed by atoms with E-state index in [2.05, 4.69) is 11.4 Å². The number of nitriles is 1. The highest BCUT2D eigenvalue weighted by atomic mass is 16.3. The molecule has 130 valence electrons. The van der Waals surface area contributed by atoms with Gasteiger partial charge in [-0.3, -0.25) is 0 Å². The molecule has 2 rings (SSSR count). The summed E-state index contributed by atoms with van der Waals surface area (Å²) in [5, 5.41) is 21.0. The lowest BCUT2D eigenvalue weighted by molar-refractivity contribution is 0.200. The average molecular weight is 337 g/mol. The van der Waals surface area contributed by atoms with Gasteiger partial charge in [0.15, 0.2) is 0 Å². The Balaban J connectivity index is 1.99. The Kier molecular flexibility index (Phi) is 7.00. The number of nitrogens with one attached hydrogen (secondary N) is 1. The molecule has 0 saturated heterocycles. The van der Waals surface area contributed by atoms with Gasteiger partial charge in [-0.05, 0) is 36.1 Å². The van der Waals surface area contributed by atoms with Gasteiger partial charge in [0.2, 0.25) is 0 Å². The smallest absolute Gasteiger partial charge is 0.317 e. The summed E-state index contributed by atoms with van der Waals surface area (Å²) < 4.78 is 0. The number of benzene rings is 2. The van der Waals surface area contributed by atoms with Crippen LogP contribution in [0, 0.1) is 11.3 Å². The zero-order valence-corrected chi connectivity index (χ0v) is 14.4. The second kappa shape index (κ2) is 9.45. The fraction of sp³-hybridized carbons (Fsp3) is 0.300. The predicted octanol–water partition coefficient (Wildman–Crippen LogP) is 3.21. The van der Waals surface area contributed by atoms with Gasteiger partial charge in [0.25, 0.3) is 0 Å². The molecule has 0 aromatic heterocycles. The van der Waals surface area contributed by atoms with Crippen LogP contribution >= 0.6 is 0 Å².